The van der Waals surface area contributed by atoms with E-state index in [1.165, 1.54) is 11.1 Å². The lowest BCUT2D eigenvalue weighted by molar-refractivity contribution is -0.132. The molecule has 0 saturated heterocycles. The molecule has 1 aromatic rings. The van der Waals surface area contributed by atoms with E-state index in [-0.39, 0.29) is 11.9 Å². The Hall–Kier alpha value is -1.61. The minimum Gasteiger partial charge on any atom is -0.344 e. The Morgan fingerprint density at radius 1 is 1.47 bits per heavy atom. The van der Waals surface area contributed by atoms with Crippen molar-refractivity contribution in [2.24, 2.45) is 0 Å². The number of rotatable bonds is 5. The van der Waals surface area contributed by atoms with Gasteiger partial charge in [0.2, 0.25) is 5.91 Å². The van der Waals surface area contributed by atoms with Gasteiger partial charge >= 0.3 is 0 Å². The summed E-state index contributed by atoms with van der Waals surface area (Å²) in [4.78, 5) is 14.2. The molecule has 3 heteroatoms. The lowest BCUT2D eigenvalue weighted by Gasteiger charge is -2.29. The minimum atomic E-state index is -0.0800. The second kappa shape index (κ2) is 6.53. The van der Waals surface area contributed by atoms with Crippen LogP contribution in [0.2, 0.25) is 0 Å². The van der Waals surface area contributed by atoms with Crippen molar-refractivity contribution in [1.82, 2.24) is 10.2 Å². The Balaban J connectivity index is 1.93. The third-order valence-electron chi connectivity index (χ3n) is 3.66. The van der Waals surface area contributed by atoms with E-state index < -0.39 is 0 Å². The molecule has 0 fully saturated rings. The number of unbranched alkanes of at least 4 members (excludes halogenated alkanes) is 1. The smallest absolute Gasteiger partial charge is 0.239 e. The van der Waals surface area contributed by atoms with Crippen LogP contribution >= 0.6 is 0 Å². The summed E-state index contributed by atoms with van der Waals surface area (Å²) >= 11 is 0. The fraction of sp³-hybridized carbons (Fsp3) is 0.438. The van der Waals surface area contributed by atoms with Gasteiger partial charge in [-0.15, -0.1) is 6.58 Å². The monoisotopic (exact) mass is 258 g/mol. The van der Waals surface area contributed by atoms with Gasteiger partial charge in [-0.2, -0.15) is 0 Å². The van der Waals surface area contributed by atoms with Gasteiger partial charge in [-0.3, -0.25) is 4.79 Å². The molecule has 0 saturated carbocycles. The summed E-state index contributed by atoms with van der Waals surface area (Å²) in [5.74, 6) is 0.193. The lowest BCUT2D eigenvalue weighted by Crippen LogP contribution is -2.48. The molecule has 2 rings (SSSR count). The molecule has 19 heavy (non-hydrogen) atoms. The van der Waals surface area contributed by atoms with Gasteiger partial charge in [0.25, 0.3) is 0 Å². The van der Waals surface area contributed by atoms with E-state index in [0.29, 0.717) is 0 Å². The average Bonchev–Trinajstić information content (AvgIpc) is 2.46. The molecule has 1 aliphatic rings. The zero-order chi connectivity index (χ0) is 13.7. The molecule has 1 aliphatic heterocycles. The Labute approximate surface area is 115 Å². The van der Waals surface area contributed by atoms with Crippen LogP contribution in [0.5, 0.6) is 0 Å². The first kappa shape index (κ1) is 13.8. The number of nitrogens with one attached hydrogen (secondary N) is 1. The van der Waals surface area contributed by atoms with Crippen molar-refractivity contribution in [3.63, 3.8) is 0 Å². The van der Waals surface area contributed by atoms with E-state index in [4.69, 9.17) is 0 Å². The van der Waals surface area contributed by atoms with Crippen LogP contribution in [-0.4, -0.2) is 30.4 Å². The number of fused-ring (bicyclic) bond motifs is 1. The number of allylic oxidation sites excluding steroid dienone is 1. The normalized spacial score (nSPS) is 17.6. The first-order valence-electron chi connectivity index (χ1n) is 6.88. The number of carbonyl (C=O) groups is 1. The average molecular weight is 258 g/mol. The maximum atomic E-state index is 12.3. The van der Waals surface area contributed by atoms with Crippen LogP contribution in [-0.2, 0) is 17.8 Å². The third-order valence-corrected chi connectivity index (χ3v) is 3.66. The SMILES string of the molecule is C=CCCCN(C)C(=O)[C@@H]1Cc2ccccc2CN1. The third kappa shape index (κ3) is 3.44. The van der Waals surface area contributed by atoms with Gasteiger partial charge in [-0.05, 0) is 30.4 Å². The minimum absolute atomic E-state index is 0.0800. The molecule has 102 valence electrons. The molecule has 0 bridgehead atoms. The van der Waals surface area contributed by atoms with Gasteiger partial charge in [0.1, 0.15) is 0 Å². The zero-order valence-corrected chi connectivity index (χ0v) is 11.6. The van der Waals surface area contributed by atoms with E-state index in [1.54, 1.807) is 0 Å². The predicted octanol–water partition coefficient (Wildman–Crippen LogP) is 2.13. The van der Waals surface area contributed by atoms with Crippen LogP contribution in [0.3, 0.4) is 0 Å². The number of likely N-dealkylation sites (N-methyl/N-ethyl adjacent to an activating group) is 1. The zero-order valence-electron chi connectivity index (χ0n) is 11.6. The van der Waals surface area contributed by atoms with Crippen LogP contribution in [0, 0.1) is 0 Å². The second-order valence-electron chi connectivity index (χ2n) is 5.10. The molecule has 1 heterocycles. The van der Waals surface area contributed by atoms with Gasteiger partial charge in [-0.25, -0.2) is 0 Å². The van der Waals surface area contributed by atoms with Gasteiger partial charge in [0, 0.05) is 20.1 Å². The molecular weight excluding hydrogens is 236 g/mol. The summed E-state index contributed by atoms with van der Waals surface area (Å²) in [6, 6.07) is 8.25. The summed E-state index contributed by atoms with van der Waals surface area (Å²) in [5, 5.41) is 3.34. The fourth-order valence-corrected chi connectivity index (χ4v) is 2.48. The Kier molecular flexibility index (Phi) is 4.74. The van der Waals surface area contributed by atoms with E-state index in [2.05, 4.69) is 24.0 Å². The molecule has 1 amide bonds. The number of carbonyl (C=O) groups excluding carboxylic acids is 1. The number of benzene rings is 1. The van der Waals surface area contributed by atoms with E-state index in [1.807, 2.05) is 30.2 Å². The maximum Gasteiger partial charge on any atom is 0.239 e. The molecule has 0 radical (unpaired) electrons. The van der Waals surface area contributed by atoms with E-state index in [0.717, 1.165) is 32.4 Å². The van der Waals surface area contributed by atoms with E-state index in [9.17, 15) is 4.79 Å². The first-order valence-corrected chi connectivity index (χ1v) is 6.88. The Morgan fingerprint density at radius 3 is 2.95 bits per heavy atom. The molecule has 0 spiro atoms. The molecule has 0 aliphatic carbocycles. The van der Waals surface area contributed by atoms with Crippen LogP contribution in [0.15, 0.2) is 36.9 Å². The van der Waals surface area contributed by atoms with Gasteiger partial charge in [0.05, 0.1) is 6.04 Å². The highest BCUT2D eigenvalue weighted by Crippen LogP contribution is 2.17. The molecule has 1 atom stereocenters. The number of hydrogen-bond donors (Lipinski definition) is 1. The van der Waals surface area contributed by atoms with Gasteiger partial charge in [-0.1, -0.05) is 30.3 Å². The quantitative estimate of drug-likeness (QED) is 0.648. The summed E-state index contributed by atoms with van der Waals surface area (Å²) in [6.45, 7) is 5.28. The highest BCUT2D eigenvalue weighted by molar-refractivity contribution is 5.82. The van der Waals surface area contributed by atoms with Crippen molar-refractivity contribution in [2.75, 3.05) is 13.6 Å². The van der Waals surface area contributed by atoms with Gasteiger partial charge in [0.15, 0.2) is 0 Å². The largest absolute Gasteiger partial charge is 0.344 e. The van der Waals surface area contributed by atoms with Crippen molar-refractivity contribution in [1.29, 1.82) is 0 Å². The predicted molar refractivity (Wildman–Crippen MR) is 77.8 cm³/mol. The van der Waals surface area contributed by atoms with Crippen LogP contribution in [0.1, 0.15) is 24.0 Å². The number of nitrogens with zero attached hydrogens (tertiary/aromatic N) is 1. The van der Waals surface area contributed by atoms with Crippen LogP contribution < -0.4 is 5.32 Å². The highest BCUT2D eigenvalue weighted by Gasteiger charge is 2.25. The van der Waals surface area contributed by atoms with Crippen molar-refractivity contribution in [2.45, 2.75) is 31.8 Å². The van der Waals surface area contributed by atoms with Crippen LogP contribution in [0.4, 0.5) is 0 Å². The molecule has 0 aromatic heterocycles. The molecule has 1 aromatic carbocycles. The first-order chi connectivity index (χ1) is 9.22. The second-order valence-corrected chi connectivity index (χ2v) is 5.10. The Morgan fingerprint density at radius 2 is 2.21 bits per heavy atom. The van der Waals surface area contributed by atoms with Gasteiger partial charge < -0.3 is 10.2 Å². The maximum absolute atomic E-state index is 12.3. The fourth-order valence-electron chi connectivity index (χ4n) is 2.48. The van der Waals surface area contributed by atoms with E-state index >= 15 is 0 Å². The number of hydrogen-bond acceptors (Lipinski definition) is 2. The highest BCUT2D eigenvalue weighted by atomic mass is 16.2. The molecule has 3 nitrogen and oxygen atoms in total. The number of amides is 1. The van der Waals surface area contributed by atoms with Crippen molar-refractivity contribution in [3.05, 3.63) is 48.0 Å². The summed E-state index contributed by atoms with van der Waals surface area (Å²) in [6.07, 6.45) is 4.63. The summed E-state index contributed by atoms with van der Waals surface area (Å²) in [7, 11) is 1.88. The topological polar surface area (TPSA) is 32.3 Å². The summed E-state index contributed by atoms with van der Waals surface area (Å²) in [5.41, 5.74) is 2.60. The summed E-state index contributed by atoms with van der Waals surface area (Å²) < 4.78 is 0. The van der Waals surface area contributed by atoms with Crippen LogP contribution in [0.25, 0.3) is 0 Å². The standard InChI is InChI=1S/C16H22N2O/c1-3-4-7-10-18(2)16(19)15-11-13-8-5-6-9-14(13)12-17-15/h3,5-6,8-9,15,17H,1,4,7,10-12H2,2H3/t15-/m0/s1. The van der Waals surface area contributed by atoms with Crippen molar-refractivity contribution < 1.29 is 4.79 Å². The molecule has 1 N–H and O–H groups in total. The van der Waals surface area contributed by atoms with Crippen molar-refractivity contribution >= 4 is 5.91 Å². The van der Waals surface area contributed by atoms with Crippen molar-refractivity contribution in [3.8, 4) is 0 Å². The Bertz CT molecular complexity index is 456. The molecular formula is C16H22N2O. The lowest BCUT2D eigenvalue weighted by atomic mass is 9.95. The molecule has 0 unspecified atom stereocenters.